The Balaban J connectivity index is 1.64. The summed E-state index contributed by atoms with van der Waals surface area (Å²) in [6, 6.07) is 8.83. The van der Waals surface area contributed by atoms with Crippen molar-refractivity contribution in [3.05, 3.63) is 41.0 Å². The number of benzene rings is 1. The number of carbonyl (C=O) groups is 2. The number of carbonyl (C=O) groups excluding carboxylic acids is 1. The number of hydrogen-bond acceptors (Lipinski definition) is 4. The number of hydrogen-bond donors (Lipinski definition) is 1. The molecule has 25 heavy (non-hydrogen) atoms. The standard InChI is InChI=1S/C18H17ClN2O4/c19-13-3-1-11-2-4-14(20-15(11)7-13)16(22)21-8-12-9-25-6-5-18(12,10-21)17(23)24/h1-4,7,12H,5-6,8-10H2,(H,23,24)/t12-,18+/m0/s1. The Bertz CT molecular complexity index is 871. The van der Waals surface area contributed by atoms with Crippen molar-refractivity contribution in [2.45, 2.75) is 6.42 Å². The summed E-state index contributed by atoms with van der Waals surface area (Å²) >= 11 is 6.00. The van der Waals surface area contributed by atoms with Crippen molar-refractivity contribution in [2.24, 2.45) is 11.3 Å². The molecule has 0 saturated carbocycles. The Labute approximate surface area is 149 Å². The van der Waals surface area contributed by atoms with Gasteiger partial charge < -0.3 is 14.7 Å². The number of likely N-dealkylation sites (tertiary alicyclic amines) is 1. The lowest BCUT2D eigenvalue weighted by Crippen LogP contribution is -2.45. The van der Waals surface area contributed by atoms with E-state index < -0.39 is 11.4 Å². The first-order chi connectivity index (χ1) is 12.0. The summed E-state index contributed by atoms with van der Waals surface area (Å²) in [5, 5.41) is 11.2. The predicted octanol–water partition coefficient (Wildman–Crippen LogP) is 2.45. The maximum Gasteiger partial charge on any atom is 0.311 e. The molecular weight excluding hydrogens is 344 g/mol. The van der Waals surface area contributed by atoms with Gasteiger partial charge in [0.05, 0.1) is 17.5 Å². The fraction of sp³-hybridized carbons (Fsp3) is 0.389. The van der Waals surface area contributed by atoms with Crippen molar-refractivity contribution >= 4 is 34.4 Å². The second-order valence-corrected chi connectivity index (χ2v) is 7.14. The van der Waals surface area contributed by atoms with Gasteiger partial charge in [-0.25, -0.2) is 4.98 Å². The van der Waals surface area contributed by atoms with Crippen LogP contribution >= 0.6 is 11.6 Å². The number of aromatic nitrogens is 1. The highest BCUT2D eigenvalue weighted by Crippen LogP contribution is 2.42. The molecule has 0 aliphatic carbocycles. The minimum Gasteiger partial charge on any atom is -0.481 e. The van der Waals surface area contributed by atoms with Gasteiger partial charge in [0.15, 0.2) is 0 Å². The summed E-state index contributed by atoms with van der Waals surface area (Å²) in [6.07, 6.45) is 0.428. The molecule has 1 aromatic heterocycles. The molecule has 0 spiro atoms. The predicted molar refractivity (Wildman–Crippen MR) is 91.7 cm³/mol. The molecule has 4 rings (SSSR count). The molecule has 2 fully saturated rings. The summed E-state index contributed by atoms with van der Waals surface area (Å²) in [5.41, 5.74) is 0.0368. The number of halogens is 1. The number of carboxylic acids is 1. The Morgan fingerprint density at radius 2 is 2.12 bits per heavy atom. The third-order valence-electron chi connectivity index (χ3n) is 5.29. The highest BCUT2D eigenvalue weighted by molar-refractivity contribution is 6.31. The second-order valence-electron chi connectivity index (χ2n) is 6.70. The molecule has 0 bridgehead atoms. The van der Waals surface area contributed by atoms with Crippen molar-refractivity contribution < 1.29 is 19.4 Å². The van der Waals surface area contributed by atoms with Crippen molar-refractivity contribution in [3.8, 4) is 0 Å². The number of pyridine rings is 1. The normalized spacial score (nSPS) is 25.8. The summed E-state index contributed by atoms with van der Waals surface area (Å²) < 4.78 is 5.43. The smallest absolute Gasteiger partial charge is 0.311 e. The molecule has 1 aromatic carbocycles. The highest BCUT2D eigenvalue weighted by atomic mass is 35.5. The first-order valence-corrected chi connectivity index (χ1v) is 8.54. The molecule has 0 unspecified atom stereocenters. The molecule has 6 nitrogen and oxygen atoms in total. The maximum absolute atomic E-state index is 12.9. The van der Waals surface area contributed by atoms with E-state index in [0.717, 1.165) is 5.39 Å². The van der Waals surface area contributed by atoms with E-state index in [1.165, 1.54) is 0 Å². The van der Waals surface area contributed by atoms with E-state index in [1.807, 2.05) is 12.1 Å². The molecule has 1 N–H and O–H groups in total. The zero-order valence-electron chi connectivity index (χ0n) is 13.4. The summed E-state index contributed by atoms with van der Waals surface area (Å²) in [4.78, 5) is 30.7. The minimum absolute atomic E-state index is 0.183. The van der Waals surface area contributed by atoms with Crippen LogP contribution in [-0.4, -0.2) is 53.2 Å². The van der Waals surface area contributed by atoms with E-state index >= 15 is 0 Å². The van der Waals surface area contributed by atoms with Gasteiger partial charge in [0.25, 0.3) is 5.91 Å². The average molecular weight is 361 g/mol. The van der Waals surface area contributed by atoms with E-state index in [1.54, 1.807) is 23.1 Å². The zero-order valence-corrected chi connectivity index (χ0v) is 14.2. The van der Waals surface area contributed by atoms with Gasteiger partial charge in [-0.2, -0.15) is 0 Å². The van der Waals surface area contributed by atoms with Gasteiger partial charge in [0, 0.05) is 36.0 Å². The van der Waals surface area contributed by atoms with Crippen LogP contribution < -0.4 is 0 Å². The summed E-state index contributed by atoms with van der Waals surface area (Å²) in [6.45, 7) is 1.36. The number of ether oxygens (including phenoxy) is 1. The van der Waals surface area contributed by atoms with Gasteiger partial charge in [0.2, 0.25) is 0 Å². The Morgan fingerprint density at radius 1 is 1.32 bits per heavy atom. The molecule has 3 heterocycles. The number of fused-ring (bicyclic) bond motifs is 2. The van der Waals surface area contributed by atoms with Crippen LogP contribution in [0.15, 0.2) is 30.3 Å². The van der Waals surface area contributed by atoms with Crippen LogP contribution in [0.4, 0.5) is 0 Å². The Morgan fingerprint density at radius 3 is 2.88 bits per heavy atom. The molecule has 2 atom stereocenters. The Kier molecular flexibility index (Phi) is 3.89. The fourth-order valence-corrected chi connectivity index (χ4v) is 3.99. The fourth-order valence-electron chi connectivity index (χ4n) is 3.83. The van der Waals surface area contributed by atoms with Crippen molar-refractivity contribution in [1.29, 1.82) is 0 Å². The lowest BCUT2D eigenvalue weighted by atomic mass is 9.74. The molecule has 0 radical (unpaired) electrons. The van der Waals surface area contributed by atoms with Crippen molar-refractivity contribution in [3.63, 3.8) is 0 Å². The highest BCUT2D eigenvalue weighted by Gasteiger charge is 2.55. The first-order valence-electron chi connectivity index (χ1n) is 8.16. The van der Waals surface area contributed by atoms with Crippen molar-refractivity contribution in [2.75, 3.05) is 26.3 Å². The van der Waals surface area contributed by atoms with Gasteiger partial charge in [-0.3, -0.25) is 9.59 Å². The van der Waals surface area contributed by atoms with Gasteiger partial charge >= 0.3 is 5.97 Å². The summed E-state index contributed by atoms with van der Waals surface area (Å²) in [7, 11) is 0. The molecule has 2 aliphatic heterocycles. The van der Waals surface area contributed by atoms with Crippen LogP contribution in [0.2, 0.25) is 5.02 Å². The molecule has 7 heteroatoms. The first kappa shape index (κ1) is 16.3. The zero-order chi connectivity index (χ0) is 17.6. The third-order valence-corrected chi connectivity index (χ3v) is 5.53. The quantitative estimate of drug-likeness (QED) is 0.889. The van der Waals surface area contributed by atoms with E-state index in [2.05, 4.69) is 4.98 Å². The van der Waals surface area contributed by atoms with E-state index in [4.69, 9.17) is 16.3 Å². The topological polar surface area (TPSA) is 79.7 Å². The second kappa shape index (κ2) is 5.97. The number of carboxylic acid groups (broad SMARTS) is 1. The molecule has 1 amide bonds. The van der Waals surface area contributed by atoms with Crippen LogP contribution in [0, 0.1) is 11.3 Å². The maximum atomic E-state index is 12.9. The molecule has 2 saturated heterocycles. The molecule has 2 aromatic rings. The van der Waals surface area contributed by atoms with Crippen LogP contribution in [-0.2, 0) is 9.53 Å². The Hall–Kier alpha value is -2.18. The minimum atomic E-state index is -0.909. The molecular formula is C18H17ClN2O4. The number of aliphatic carboxylic acids is 1. The summed E-state index contributed by atoms with van der Waals surface area (Å²) in [5.74, 6) is -1.29. The van der Waals surface area contributed by atoms with Crippen LogP contribution in [0.1, 0.15) is 16.9 Å². The van der Waals surface area contributed by atoms with E-state index in [0.29, 0.717) is 42.4 Å². The van der Waals surface area contributed by atoms with Crippen LogP contribution in [0.25, 0.3) is 10.9 Å². The number of nitrogens with zero attached hydrogens (tertiary/aromatic N) is 2. The van der Waals surface area contributed by atoms with Gasteiger partial charge in [-0.05, 0) is 24.6 Å². The molecule has 130 valence electrons. The lowest BCUT2D eigenvalue weighted by Gasteiger charge is -2.33. The van der Waals surface area contributed by atoms with E-state index in [-0.39, 0.29) is 18.4 Å². The van der Waals surface area contributed by atoms with Crippen LogP contribution in [0.3, 0.4) is 0 Å². The van der Waals surface area contributed by atoms with Gasteiger partial charge in [-0.1, -0.05) is 23.7 Å². The number of amides is 1. The average Bonchev–Trinajstić information content (AvgIpc) is 3.01. The van der Waals surface area contributed by atoms with Gasteiger partial charge in [0.1, 0.15) is 5.69 Å². The van der Waals surface area contributed by atoms with Crippen molar-refractivity contribution in [1.82, 2.24) is 9.88 Å². The monoisotopic (exact) mass is 360 g/mol. The van der Waals surface area contributed by atoms with Crippen LogP contribution in [0.5, 0.6) is 0 Å². The molecule has 2 aliphatic rings. The van der Waals surface area contributed by atoms with Gasteiger partial charge in [-0.15, -0.1) is 0 Å². The third kappa shape index (κ3) is 2.65. The lowest BCUT2D eigenvalue weighted by molar-refractivity contribution is -0.157. The van der Waals surface area contributed by atoms with E-state index in [9.17, 15) is 14.7 Å². The largest absolute Gasteiger partial charge is 0.481 e. The SMILES string of the molecule is O=C(c1ccc2ccc(Cl)cc2n1)N1C[C@H]2COCC[C@@]2(C(=O)O)C1. The number of rotatable bonds is 2.